The van der Waals surface area contributed by atoms with E-state index in [9.17, 15) is 4.79 Å². The van der Waals surface area contributed by atoms with E-state index in [-0.39, 0.29) is 0 Å². The molecule has 1 aromatic rings. The SMILES string of the molecule is CN1CCN(C(=O)CC2CCN(CCc3ccc4c(c3)CCO4)CC2)CC1. The third kappa shape index (κ3) is 4.82. The number of ether oxygens (including phenoxy) is 1. The summed E-state index contributed by atoms with van der Waals surface area (Å²) in [5, 5.41) is 0. The molecule has 1 amide bonds. The van der Waals surface area contributed by atoms with E-state index < -0.39 is 0 Å². The Morgan fingerprint density at radius 2 is 1.89 bits per heavy atom. The number of likely N-dealkylation sites (N-methyl/N-ethyl adjacent to an activating group) is 1. The lowest BCUT2D eigenvalue weighted by Crippen LogP contribution is -2.47. The van der Waals surface area contributed by atoms with E-state index in [2.05, 4.69) is 39.9 Å². The van der Waals surface area contributed by atoms with E-state index in [4.69, 9.17) is 4.74 Å². The molecule has 3 heterocycles. The molecule has 0 saturated carbocycles. The van der Waals surface area contributed by atoms with E-state index in [0.29, 0.717) is 11.8 Å². The summed E-state index contributed by atoms with van der Waals surface area (Å²) in [5.74, 6) is 2.03. The summed E-state index contributed by atoms with van der Waals surface area (Å²) < 4.78 is 5.60. The van der Waals surface area contributed by atoms with Crippen LogP contribution in [0, 0.1) is 5.92 Å². The van der Waals surface area contributed by atoms with Gasteiger partial charge in [-0.3, -0.25) is 4.79 Å². The van der Waals surface area contributed by atoms with E-state index in [1.165, 1.54) is 11.1 Å². The van der Waals surface area contributed by atoms with Gasteiger partial charge in [-0.15, -0.1) is 0 Å². The quantitative estimate of drug-likeness (QED) is 0.794. The highest BCUT2D eigenvalue weighted by Crippen LogP contribution is 2.26. The summed E-state index contributed by atoms with van der Waals surface area (Å²) in [4.78, 5) is 19.5. The number of hydrogen-bond donors (Lipinski definition) is 0. The molecule has 5 nitrogen and oxygen atoms in total. The normalized spacial score (nSPS) is 21.9. The van der Waals surface area contributed by atoms with E-state index in [1.54, 1.807) is 0 Å². The Labute approximate surface area is 163 Å². The number of hydrogen-bond acceptors (Lipinski definition) is 4. The van der Waals surface area contributed by atoms with Crippen molar-refractivity contribution in [2.75, 3.05) is 59.5 Å². The molecule has 0 bridgehead atoms. The summed E-state index contributed by atoms with van der Waals surface area (Å²) in [6.45, 7) is 8.05. The fourth-order valence-corrected chi connectivity index (χ4v) is 4.53. The van der Waals surface area contributed by atoms with Crippen molar-refractivity contribution in [3.05, 3.63) is 29.3 Å². The van der Waals surface area contributed by atoms with E-state index in [0.717, 1.165) is 90.3 Å². The fraction of sp³-hybridized carbons (Fsp3) is 0.682. The number of likely N-dealkylation sites (tertiary alicyclic amines) is 1. The monoisotopic (exact) mass is 371 g/mol. The van der Waals surface area contributed by atoms with Gasteiger partial charge in [-0.25, -0.2) is 0 Å². The van der Waals surface area contributed by atoms with Gasteiger partial charge >= 0.3 is 0 Å². The molecule has 0 aromatic heterocycles. The maximum absolute atomic E-state index is 12.5. The summed E-state index contributed by atoms with van der Waals surface area (Å²) in [6, 6.07) is 6.67. The molecule has 0 N–H and O–H groups in total. The molecule has 0 spiro atoms. The highest BCUT2D eigenvalue weighted by molar-refractivity contribution is 5.76. The maximum Gasteiger partial charge on any atom is 0.222 e. The zero-order valence-electron chi connectivity index (χ0n) is 16.7. The topological polar surface area (TPSA) is 36.0 Å². The smallest absolute Gasteiger partial charge is 0.222 e. The second-order valence-electron chi connectivity index (χ2n) is 8.46. The number of piperidine rings is 1. The Hall–Kier alpha value is -1.59. The van der Waals surface area contributed by atoms with Gasteiger partial charge in [-0.05, 0) is 62.5 Å². The lowest BCUT2D eigenvalue weighted by molar-refractivity contribution is -0.134. The average molecular weight is 372 g/mol. The van der Waals surface area contributed by atoms with Crippen molar-refractivity contribution in [2.24, 2.45) is 5.92 Å². The van der Waals surface area contributed by atoms with Gasteiger partial charge in [0, 0.05) is 45.6 Å². The molecule has 148 valence electrons. The zero-order chi connectivity index (χ0) is 18.6. The first-order valence-corrected chi connectivity index (χ1v) is 10.6. The molecule has 0 atom stereocenters. The Balaban J connectivity index is 1.17. The Morgan fingerprint density at radius 3 is 2.67 bits per heavy atom. The van der Waals surface area contributed by atoms with Crippen LogP contribution >= 0.6 is 0 Å². The molecule has 2 fully saturated rings. The predicted octanol–water partition coefficient (Wildman–Crippen LogP) is 2.04. The molecule has 5 heteroatoms. The van der Waals surface area contributed by atoms with Gasteiger partial charge in [0.1, 0.15) is 5.75 Å². The molecule has 0 aliphatic carbocycles. The molecule has 1 aromatic carbocycles. The van der Waals surface area contributed by atoms with E-state index >= 15 is 0 Å². The average Bonchev–Trinajstić information content (AvgIpc) is 3.16. The molecule has 2 saturated heterocycles. The Kier molecular flexibility index (Phi) is 5.98. The summed E-state index contributed by atoms with van der Waals surface area (Å²) in [6.07, 6.45) is 5.24. The third-order valence-corrected chi connectivity index (χ3v) is 6.50. The van der Waals surface area contributed by atoms with Gasteiger partial charge in [0.15, 0.2) is 0 Å². The second kappa shape index (κ2) is 8.61. The largest absolute Gasteiger partial charge is 0.493 e. The molecule has 3 aliphatic rings. The number of nitrogens with zero attached hydrogens (tertiary/aromatic N) is 3. The maximum atomic E-state index is 12.5. The molecule has 4 rings (SSSR count). The minimum Gasteiger partial charge on any atom is -0.493 e. The molecule has 27 heavy (non-hydrogen) atoms. The minimum atomic E-state index is 0.377. The molecule has 0 radical (unpaired) electrons. The van der Waals surface area contributed by atoms with Crippen LogP contribution in [0.15, 0.2) is 18.2 Å². The molecular formula is C22H33N3O2. The third-order valence-electron chi connectivity index (χ3n) is 6.50. The van der Waals surface area contributed by atoms with Gasteiger partial charge < -0.3 is 19.4 Å². The van der Waals surface area contributed by atoms with Crippen molar-refractivity contribution < 1.29 is 9.53 Å². The van der Waals surface area contributed by atoms with E-state index in [1.807, 2.05) is 0 Å². The number of carbonyl (C=O) groups is 1. The molecular weight excluding hydrogens is 338 g/mol. The first kappa shape index (κ1) is 18.8. The van der Waals surface area contributed by atoms with Crippen molar-refractivity contribution in [1.29, 1.82) is 0 Å². The van der Waals surface area contributed by atoms with Crippen LogP contribution in [0.25, 0.3) is 0 Å². The predicted molar refractivity (Wildman–Crippen MR) is 107 cm³/mol. The minimum absolute atomic E-state index is 0.377. The standard InChI is InChI=1S/C22H33N3O2/c1-23-11-13-25(14-12-23)22(26)17-19-5-9-24(10-6-19)8-4-18-2-3-21-20(16-18)7-15-27-21/h2-3,16,19H,4-15,17H2,1H3. The summed E-state index contributed by atoms with van der Waals surface area (Å²) in [7, 11) is 2.13. The van der Waals surface area contributed by atoms with Crippen molar-refractivity contribution in [3.8, 4) is 5.75 Å². The lowest BCUT2D eigenvalue weighted by Gasteiger charge is -2.35. The number of carbonyl (C=O) groups excluding carboxylic acids is 1. The van der Waals surface area contributed by atoms with Crippen LogP contribution in [0.5, 0.6) is 5.75 Å². The molecule has 0 unspecified atom stereocenters. The fourth-order valence-electron chi connectivity index (χ4n) is 4.53. The number of rotatable bonds is 5. The van der Waals surface area contributed by atoms with Crippen LogP contribution in [0.3, 0.4) is 0 Å². The first-order valence-electron chi connectivity index (χ1n) is 10.6. The van der Waals surface area contributed by atoms with Gasteiger partial charge in [0.05, 0.1) is 6.61 Å². The van der Waals surface area contributed by atoms with Crippen molar-refractivity contribution in [2.45, 2.75) is 32.1 Å². The second-order valence-corrected chi connectivity index (χ2v) is 8.46. The number of piperazine rings is 1. The highest BCUT2D eigenvalue weighted by Gasteiger charge is 2.25. The zero-order valence-corrected chi connectivity index (χ0v) is 16.7. The first-order chi connectivity index (χ1) is 13.2. The van der Waals surface area contributed by atoms with Crippen molar-refractivity contribution in [3.63, 3.8) is 0 Å². The van der Waals surface area contributed by atoms with Gasteiger partial charge in [0.2, 0.25) is 5.91 Å². The number of fused-ring (bicyclic) bond motifs is 1. The Bertz CT molecular complexity index is 647. The van der Waals surface area contributed by atoms with Crippen LogP contribution in [-0.4, -0.2) is 80.1 Å². The van der Waals surface area contributed by atoms with Crippen LogP contribution in [0.4, 0.5) is 0 Å². The van der Waals surface area contributed by atoms with Crippen molar-refractivity contribution in [1.82, 2.24) is 14.7 Å². The van der Waals surface area contributed by atoms with Gasteiger partial charge in [-0.2, -0.15) is 0 Å². The van der Waals surface area contributed by atoms with Crippen molar-refractivity contribution >= 4 is 5.91 Å². The Morgan fingerprint density at radius 1 is 1.11 bits per heavy atom. The van der Waals surface area contributed by atoms with Crippen LogP contribution in [0.2, 0.25) is 0 Å². The summed E-state index contributed by atoms with van der Waals surface area (Å²) in [5.41, 5.74) is 2.79. The lowest BCUT2D eigenvalue weighted by atomic mass is 9.92. The molecule has 3 aliphatic heterocycles. The van der Waals surface area contributed by atoms with Crippen LogP contribution in [-0.2, 0) is 17.6 Å². The van der Waals surface area contributed by atoms with Gasteiger partial charge in [-0.1, -0.05) is 12.1 Å². The highest BCUT2D eigenvalue weighted by atomic mass is 16.5. The summed E-state index contributed by atoms with van der Waals surface area (Å²) >= 11 is 0. The van der Waals surface area contributed by atoms with Crippen LogP contribution in [0.1, 0.15) is 30.4 Å². The van der Waals surface area contributed by atoms with Gasteiger partial charge in [0.25, 0.3) is 0 Å². The van der Waals surface area contributed by atoms with Crippen LogP contribution < -0.4 is 4.74 Å². The number of amides is 1. The number of benzene rings is 1.